The van der Waals surface area contributed by atoms with Gasteiger partial charge in [-0.2, -0.15) is 0 Å². The number of alkyl halides is 1. The molecule has 4 fully saturated rings. The fraction of sp³-hybridized carbons (Fsp3) is 0.923. The van der Waals surface area contributed by atoms with E-state index in [1.807, 2.05) is 0 Å². The van der Waals surface area contributed by atoms with Crippen molar-refractivity contribution in [1.82, 2.24) is 0 Å². The smallest absolute Gasteiger partial charge is 0.316 e. The second kappa shape index (κ2) is 9.20. The van der Waals surface area contributed by atoms with Gasteiger partial charge in [0.25, 0.3) is 0 Å². The fourth-order valence-electron chi connectivity index (χ4n) is 9.02. The molecule has 0 unspecified atom stereocenters. The van der Waals surface area contributed by atoms with Crippen LogP contribution in [0, 0.1) is 46.3 Å². The minimum absolute atomic E-state index is 0.0411. The summed E-state index contributed by atoms with van der Waals surface area (Å²) in [6.45, 7) is 6.97. The summed E-state index contributed by atoms with van der Waals surface area (Å²) >= 11 is 3.20. The van der Waals surface area contributed by atoms with E-state index in [9.17, 15) is 14.7 Å². The quantitative estimate of drug-likeness (QED) is 0.366. The van der Waals surface area contributed by atoms with Gasteiger partial charge in [-0.15, -0.1) is 0 Å². The molecule has 0 spiro atoms. The minimum Gasteiger partial charge on any atom is -0.481 e. The topological polar surface area (TPSA) is 83.8 Å². The third kappa shape index (κ3) is 4.06. The number of aliphatic carboxylic acids is 1. The molecule has 0 heterocycles. The Morgan fingerprint density at radius 2 is 1.84 bits per heavy atom. The van der Waals surface area contributed by atoms with E-state index in [1.165, 1.54) is 19.3 Å². The Morgan fingerprint density at radius 1 is 1.09 bits per heavy atom. The van der Waals surface area contributed by atoms with Gasteiger partial charge in [-0.25, -0.2) is 0 Å². The van der Waals surface area contributed by atoms with Gasteiger partial charge in [0.1, 0.15) is 11.4 Å². The summed E-state index contributed by atoms with van der Waals surface area (Å²) in [6, 6.07) is 0. The lowest BCUT2D eigenvalue weighted by atomic mass is 9.43. The van der Waals surface area contributed by atoms with Crippen LogP contribution in [0.15, 0.2) is 0 Å². The molecule has 6 heteroatoms. The van der Waals surface area contributed by atoms with E-state index in [2.05, 4.69) is 36.7 Å². The average molecular weight is 514 g/mol. The number of aliphatic hydroxyl groups excluding tert-OH is 1. The highest BCUT2D eigenvalue weighted by Gasteiger charge is 2.63. The van der Waals surface area contributed by atoms with Crippen LogP contribution >= 0.6 is 15.9 Å². The highest BCUT2D eigenvalue weighted by Crippen LogP contribution is 2.68. The average Bonchev–Trinajstić information content (AvgIpc) is 3.11. The van der Waals surface area contributed by atoms with Crippen molar-refractivity contribution in [3.05, 3.63) is 0 Å². The van der Waals surface area contributed by atoms with Gasteiger partial charge in [0.2, 0.25) is 0 Å². The van der Waals surface area contributed by atoms with Crippen LogP contribution in [0.5, 0.6) is 0 Å². The summed E-state index contributed by atoms with van der Waals surface area (Å²) in [5.41, 5.74) is 0.125. The molecule has 4 aliphatic carbocycles. The first-order chi connectivity index (χ1) is 15.1. The molecule has 0 aromatic carbocycles. The predicted octanol–water partition coefficient (Wildman–Crippen LogP) is 5.42. The zero-order chi connectivity index (χ0) is 23.3. The number of aliphatic hydroxyl groups is 1. The van der Waals surface area contributed by atoms with Crippen molar-refractivity contribution in [3.63, 3.8) is 0 Å². The predicted molar refractivity (Wildman–Crippen MR) is 126 cm³/mol. The van der Waals surface area contributed by atoms with Crippen molar-refractivity contribution in [1.29, 1.82) is 0 Å². The molecule has 4 aliphatic rings. The number of ether oxygens (including phenoxy) is 1. The Bertz CT molecular complexity index is 727. The summed E-state index contributed by atoms with van der Waals surface area (Å²) in [6.07, 6.45) is 9.20. The molecular weight excluding hydrogens is 472 g/mol. The summed E-state index contributed by atoms with van der Waals surface area (Å²) in [5, 5.41) is 21.0. The molecule has 0 amide bonds. The molecule has 0 radical (unpaired) electrons. The van der Waals surface area contributed by atoms with Crippen molar-refractivity contribution in [2.45, 2.75) is 97.2 Å². The molecule has 5 nitrogen and oxygen atoms in total. The molecule has 0 saturated heterocycles. The second-order valence-corrected chi connectivity index (χ2v) is 12.4. The van der Waals surface area contributed by atoms with E-state index in [0.29, 0.717) is 41.9 Å². The lowest BCUT2D eigenvalue weighted by Gasteiger charge is -2.62. The maximum Gasteiger partial charge on any atom is 0.316 e. The van der Waals surface area contributed by atoms with Crippen LogP contribution in [0.2, 0.25) is 0 Å². The van der Waals surface area contributed by atoms with Crippen LogP contribution in [0.1, 0.15) is 85.0 Å². The van der Waals surface area contributed by atoms with Gasteiger partial charge < -0.3 is 14.9 Å². The van der Waals surface area contributed by atoms with Crippen LogP contribution in [0.4, 0.5) is 0 Å². The van der Waals surface area contributed by atoms with Crippen molar-refractivity contribution < 1.29 is 24.5 Å². The summed E-state index contributed by atoms with van der Waals surface area (Å²) in [4.78, 5) is 22.9. The largest absolute Gasteiger partial charge is 0.481 e. The first kappa shape index (κ1) is 24.5. The van der Waals surface area contributed by atoms with E-state index in [1.54, 1.807) is 0 Å². The van der Waals surface area contributed by atoms with Crippen LogP contribution in [0.25, 0.3) is 0 Å². The number of hydrogen-bond donors (Lipinski definition) is 2. The monoisotopic (exact) mass is 512 g/mol. The van der Waals surface area contributed by atoms with Gasteiger partial charge in [0.05, 0.1) is 6.10 Å². The van der Waals surface area contributed by atoms with Gasteiger partial charge >= 0.3 is 11.9 Å². The Morgan fingerprint density at radius 3 is 2.53 bits per heavy atom. The Kier molecular flexibility index (Phi) is 7.05. The number of carbonyl (C=O) groups excluding carboxylic acids is 1. The Balaban J connectivity index is 1.50. The van der Waals surface area contributed by atoms with Gasteiger partial charge in [-0.05, 0) is 104 Å². The minimum atomic E-state index is -0.718. The van der Waals surface area contributed by atoms with E-state index >= 15 is 0 Å². The maximum atomic E-state index is 11.8. The van der Waals surface area contributed by atoms with E-state index in [0.717, 1.165) is 32.1 Å². The molecular formula is C26H41BrO5. The zero-order valence-corrected chi connectivity index (χ0v) is 21.5. The molecule has 182 valence electrons. The van der Waals surface area contributed by atoms with Crippen molar-refractivity contribution >= 4 is 27.9 Å². The van der Waals surface area contributed by atoms with Crippen molar-refractivity contribution in [2.75, 3.05) is 5.33 Å². The van der Waals surface area contributed by atoms with Gasteiger partial charge in [-0.1, -0.05) is 36.7 Å². The molecule has 4 rings (SSSR count). The number of carbonyl (C=O) groups is 2. The third-order valence-electron chi connectivity index (χ3n) is 10.7. The van der Waals surface area contributed by atoms with Crippen LogP contribution in [-0.4, -0.2) is 39.7 Å². The molecule has 0 aromatic rings. The number of carboxylic acids is 1. The normalized spacial score (nSPS) is 46.5. The SMILES string of the molecule is C[C@H](CCC(=O)O)[C@H]1CC[C@H]2[C@@H]3CC[C@@H]4C[C@H](OC(=O)CBr)CC[C@]4(C)[C@H]3C[C@H](O)[C@]12C. The summed E-state index contributed by atoms with van der Waals surface area (Å²) < 4.78 is 5.68. The van der Waals surface area contributed by atoms with E-state index in [-0.39, 0.29) is 40.8 Å². The van der Waals surface area contributed by atoms with Crippen molar-refractivity contribution in [2.24, 2.45) is 46.3 Å². The lowest BCUT2D eigenvalue weighted by molar-refractivity contribution is -0.180. The molecule has 10 atom stereocenters. The van der Waals surface area contributed by atoms with Gasteiger partial charge in [-0.3, -0.25) is 9.59 Å². The van der Waals surface area contributed by atoms with Gasteiger partial charge in [0.15, 0.2) is 0 Å². The summed E-state index contributed by atoms with van der Waals surface area (Å²) in [5.74, 6) is 2.16. The number of rotatable bonds is 6. The Labute approximate surface area is 201 Å². The number of fused-ring (bicyclic) bond motifs is 5. The first-order valence-corrected chi connectivity index (χ1v) is 13.9. The standard InChI is InChI=1S/C26H41BrO5/c1-15(4-9-23(29)30)19-7-8-20-18-6-5-16-12-17(32-24(31)14-27)10-11-25(16,2)21(18)13-22(28)26(19,20)3/h15-22,28H,4-14H2,1-3H3,(H,29,30)/t15-,16-,17-,18+,19-,20+,21+,22+,25+,26-/m1/s1. The van der Waals surface area contributed by atoms with Crippen LogP contribution in [0.3, 0.4) is 0 Å². The number of halogens is 1. The number of carboxylic acid groups (broad SMARTS) is 1. The molecule has 0 aromatic heterocycles. The lowest BCUT2D eigenvalue weighted by Crippen LogP contribution is -2.59. The first-order valence-electron chi connectivity index (χ1n) is 12.8. The summed E-state index contributed by atoms with van der Waals surface area (Å²) in [7, 11) is 0. The van der Waals surface area contributed by atoms with Crippen LogP contribution in [-0.2, 0) is 14.3 Å². The highest BCUT2D eigenvalue weighted by molar-refractivity contribution is 9.09. The maximum absolute atomic E-state index is 11.8. The molecule has 0 bridgehead atoms. The van der Waals surface area contributed by atoms with E-state index in [4.69, 9.17) is 9.84 Å². The van der Waals surface area contributed by atoms with Crippen LogP contribution < -0.4 is 0 Å². The highest BCUT2D eigenvalue weighted by atomic mass is 79.9. The fourth-order valence-corrected chi connectivity index (χ4v) is 9.15. The molecule has 2 N–H and O–H groups in total. The zero-order valence-electron chi connectivity index (χ0n) is 19.9. The number of hydrogen-bond acceptors (Lipinski definition) is 4. The Hall–Kier alpha value is -0.620. The second-order valence-electron chi connectivity index (χ2n) is 11.9. The van der Waals surface area contributed by atoms with Crippen molar-refractivity contribution in [3.8, 4) is 0 Å². The van der Waals surface area contributed by atoms with E-state index < -0.39 is 5.97 Å². The molecule has 4 saturated carbocycles. The molecule has 32 heavy (non-hydrogen) atoms. The van der Waals surface area contributed by atoms with Gasteiger partial charge in [0, 0.05) is 6.42 Å². The number of esters is 1. The molecule has 0 aliphatic heterocycles. The third-order valence-corrected chi connectivity index (χ3v) is 11.2.